The van der Waals surface area contributed by atoms with Gasteiger partial charge in [-0.15, -0.1) is 0 Å². The van der Waals surface area contributed by atoms with Crippen molar-refractivity contribution in [1.29, 1.82) is 0 Å². The standard InChI is InChI=1S/C18H19ClN6O2/c1-18(22-17(26)27)5-7-25(8-6-18)13-10-20-15-14(23-24-16(15)21-13)11-3-2-4-12(19)9-11/h2-4,9-10,22H,5-8H2,1H3,(H,26,27)(H,21,23,24). The number of nitrogens with one attached hydrogen (secondary N) is 2. The molecule has 0 bridgehead atoms. The zero-order chi connectivity index (χ0) is 19.0. The summed E-state index contributed by atoms with van der Waals surface area (Å²) in [7, 11) is 0. The van der Waals surface area contributed by atoms with Gasteiger partial charge in [-0.1, -0.05) is 23.7 Å². The van der Waals surface area contributed by atoms with E-state index in [9.17, 15) is 4.79 Å². The van der Waals surface area contributed by atoms with Crippen molar-refractivity contribution < 1.29 is 9.90 Å². The van der Waals surface area contributed by atoms with Crippen LogP contribution >= 0.6 is 11.6 Å². The average molecular weight is 387 g/mol. The highest BCUT2D eigenvalue weighted by Crippen LogP contribution is 2.29. The number of hydrogen-bond acceptors (Lipinski definition) is 5. The molecule has 0 aliphatic carbocycles. The van der Waals surface area contributed by atoms with Gasteiger partial charge in [-0.2, -0.15) is 5.10 Å². The Hall–Kier alpha value is -2.87. The molecule has 3 heterocycles. The number of amides is 1. The monoisotopic (exact) mass is 386 g/mol. The number of benzene rings is 1. The zero-order valence-electron chi connectivity index (χ0n) is 14.7. The molecule has 1 aromatic carbocycles. The van der Waals surface area contributed by atoms with Crippen molar-refractivity contribution in [1.82, 2.24) is 25.5 Å². The van der Waals surface area contributed by atoms with E-state index in [-0.39, 0.29) is 0 Å². The number of anilines is 1. The molecule has 4 rings (SSSR count). The molecule has 2 aromatic heterocycles. The van der Waals surface area contributed by atoms with E-state index < -0.39 is 11.6 Å². The Morgan fingerprint density at radius 2 is 2.15 bits per heavy atom. The van der Waals surface area contributed by atoms with Crippen LogP contribution in [0.5, 0.6) is 0 Å². The van der Waals surface area contributed by atoms with Crippen LogP contribution in [-0.2, 0) is 0 Å². The molecule has 1 aliphatic rings. The summed E-state index contributed by atoms with van der Waals surface area (Å²) in [5.74, 6) is 0.740. The second-order valence-corrected chi connectivity index (χ2v) is 7.42. The van der Waals surface area contributed by atoms with Gasteiger partial charge in [0.15, 0.2) is 0 Å². The third-order valence-corrected chi connectivity index (χ3v) is 5.20. The molecule has 3 N–H and O–H groups in total. The fourth-order valence-electron chi connectivity index (χ4n) is 3.40. The number of carbonyl (C=O) groups is 1. The molecule has 1 amide bonds. The van der Waals surface area contributed by atoms with Gasteiger partial charge in [-0.05, 0) is 31.9 Å². The Bertz CT molecular complexity index is 996. The van der Waals surface area contributed by atoms with E-state index in [4.69, 9.17) is 16.7 Å². The molecular weight excluding hydrogens is 368 g/mol. The van der Waals surface area contributed by atoms with Gasteiger partial charge in [0.25, 0.3) is 0 Å². The summed E-state index contributed by atoms with van der Waals surface area (Å²) in [5.41, 5.74) is 2.50. The summed E-state index contributed by atoms with van der Waals surface area (Å²) in [6.07, 6.45) is 2.15. The Morgan fingerprint density at radius 1 is 1.37 bits per heavy atom. The van der Waals surface area contributed by atoms with Crippen LogP contribution < -0.4 is 10.2 Å². The molecule has 9 heteroatoms. The Labute approximate surface area is 160 Å². The lowest BCUT2D eigenvalue weighted by atomic mass is 9.90. The van der Waals surface area contributed by atoms with Crippen LogP contribution in [0.2, 0.25) is 5.02 Å². The number of fused-ring (bicyclic) bond motifs is 1. The number of nitrogens with zero attached hydrogens (tertiary/aromatic N) is 4. The number of aromatic nitrogens is 4. The second kappa shape index (κ2) is 6.70. The summed E-state index contributed by atoms with van der Waals surface area (Å²) < 4.78 is 0. The van der Waals surface area contributed by atoms with Crippen LogP contribution in [0.15, 0.2) is 30.5 Å². The number of hydrogen-bond donors (Lipinski definition) is 3. The van der Waals surface area contributed by atoms with Gasteiger partial charge in [0.1, 0.15) is 11.3 Å². The Balaban J connectivity index is 1.56. The van der Waals surface area contributed by atoms with E-state index in [1.807, 2.05) is 31.2 Å². The first-order valence-electron chi connectivity index (χ1n) is 8.67. The lowest BCUT2D eigenvalue weighted by Crippen LogP contribution is -2.53. The first-order chi connectivity index (χ1) is 12.9. The molecule has 0 radical (unpaired) electrons. The third-order valence-electron chi connectivity index (χ3n) is 4.96. The summed E-state index contributed by atoms with van der Waals surface area (Å²) in [4.78, 5) is 22.2. The number of rotatable bonds is 3. The highest BCUT2D eigenvalue weighted by molar-refractivity contribution is 6.30. The van der Waals surface area contributed by atoms with Gasteiger partial charge in [-0.3, -0.25) is 5.10 Å². The second-order valence-electron chi connectivity index (χ2n) is 6.99. The first kappa shape index (κ1) is 17.5. The molecule has 3 aromatic rings. The molecule has 0 unspecified atom stereocenters. The van der Waals surface area contributed by atoms with Gasteiger partial charge >= 0.3 is 6.09 Å². The topological polar surface area (TPSA) is 107 Å². The molecule has 140 valence electrons. The summed E-state index contributed by atoms with van der Waals surface area (Å²) >= 11 is 6.08. The van der Waals surface area contributed by atoms with Crippen LogP contribution in [0.3, 0.4) is 0 Å². The predicted octanol–water partition coefficient (Wildman–Crippen LogP) is 3.30. The smallest absolute Gasteiger partial charge is 0.405 e. The van der Waals surface area contributed by atoms with Gasteiger partial charge in [-0.25, -0.2) is 14.8 Å². The normalized spacial score (nSPS) is 16.4. The molecule has 1 fully saturated rings. The Morgan fingerprint density at radius 3 is 2.85 bits per heavy atom. The number of H-pyrrole nitrogens is 1. The van der Waals surface area contributed by atoms with Crippen LogP contribution in [0.1, 0.15) is 19.8 Å². The molecule has 1 aliphatic heterocycles. The first-order valence-corrected chi connectivity index (χ1v) is 9.04. The number of halogens is 1. The summed E-state index contributed by atoms with van der Waals surface area (Å²) in [6.45, 7) is 3.32. The predicted molar refractivity (Wildman–Crippen MR) is 103 cm³/mol. The molecule has 8 nitrogen and oxygen atoms in total. The number of piperidine rings is 1. The SMILES string of the molecule is CC1(NC(=O)O)CCN(c2cnc3c(-c4cccc(Cl)c4)[nH]nc3n2)CC1. The van der Waals surface area contributed by atoms with E-state index in [1.54, 1.807) is 6.20 Å². The largest absolute Gasteiger partial charge is 0.465 e. The minimum atomic E-state index is -0.989. The van der Waals surface area contributed by atoms with Crippen LogP contribution in [0.25, 0.3) is 22.4 Å². The van der Waals surface area contributed by atoms with Crippen LogP contribution in [0, 0.1) is 0 Å². The molecule has 1 saturated heterocycles. The quantitative estimate of drug-likeness (QED) is 0.637. The lowest BCUT2D eigenvalue weighted by molar-refractivity contribution is 0.173. The molecule has 27 heavy (non-hydrogen) atoms. The maximum Gasteiger partial charge on any atom is 0.405 e. The van der Waals surface area contributed by atoms with Crippen molar-refractivity contribution in [2.75, 3.05) is 18.0 Å². The maximum atomic E-state index is 10.9. The fourth-order valence-corrected chi connectivity index (χ4v) is 3.59. The van der Waals surface area contributed by atoms with Gasteiger partial charge in [0, 0.05) is 29.2 Å². The summed E-state index contributed by atoms with van der Waals surface area (Å²) in [6, 6.07) is 7.49. The lowest BCUT2D eigenvalue weighted by Gasteiger charge is -2.39. The van der Waals surface area contributed by atoms with Crippen molar-refractivity contribution in [3.05, 3.63) is 35.5 Å². The van der Waals surface area contributed by atoms with Crippen molar-refractivity contribution >= 4 is 34.7 Å². The maximum absolute atomic E-state index is 10.9. The zero-order valence-corrected chi connectivity index (χ0v) is 15.5. The van der Waals surface area contributed by atoms with Gasteiger partial charge < -0.3 is 15.3 Å². The molecule has 0 saturated carbocycles. The number of aromatic amines is 1. The van der Waals surface area contributed by atoms with E-state index >= 15 is 0 Å². The van der Waals surface area contributed by atoms with Gasteiger partial charge in [0.05, 0.1) is 11.9 Å². The highest BCUT2D eigenvalue weighted by atomic mass is 35.5. The van der Waals surface area contributed by atoms with E-state index in [0.29, 0.717) is 42.1 Å². The third kappa shape index (κ3) is 3.52. The fraction of sp³-hybridized carbons (Fsp3) is 0.333. The van der Waals surface area contributed by atoms with Crippen molar-refractivity contribution in [2.45, 2.75) is 25.3 Å². The van der Waals surface area contributed by atoms with Crippen molar-refractivity contribution in [2.24, 2.45) is 0 Å². The summed E-state index contributed by atoms with van der Waals surface area (Å²) in [5, 5.41) is 19.5. The minimum absolute atomic E-state index is 0.411. The van der Waals surface area contributed by atoms with Crippen LogP contribution in [0.4, 0.5) is 10.6 Å². The van der Waals surface area contributed by atoms with E-state index in [2.05, 4.69) is 30.4 Å². The average Bonchev–Trinajstić information content (AvgIpc) is 3.04. The highest BCUT2D eigenvalue weighted by Gasteiger charge is 2.32. The minimum Gasteiger partial charge on any atom is -0.465 e. The van der Waals surface area contributed by atoms with E-state index in [0.717, 1.165) is 17.1 Å². The van der Waals surface area contributed by atoms with Crippen molar-refractivity contribution in [3.8, 4) is 11.3 Å². The van der Waals surface area contributed by atoms with Gasteiger partial charge in [0.2, 0.25) is 5.65 Å². The Kier molecular flexibility index (Phi) is 4.35. The van der Waals surface area contributed by atoms with E-state index in [1.165, 1.54) is 0 Å². The number of carboxylic acid groups (broad SMARTS) is 1. The molecule has 0 spiro atoms. The van der Waals surface area contributed by atoms with Crippen LogP contribution in [-0.4, -0.2) is 50.0 Å². The van der Waals surface area contributed by atoms with Crippen molar-refractivity contribution in [3.63, 3.8) is 0 Å². The molecule has 0 atom stereocenters. The molecular formula is C18H19ClN6O2.